The molecule has 1 heterocycles. The zero-order valence-electron chi connectivity index (χ0n) is 19.6. The van der Waals surface area contributed by atoms with E-state index >= 15 is 0 Å². The second kappa shape index (κ2) is 10.6. The average Bonchev–Trinajstić information content (AvgIpc) is 3.19. The van der Waals surface area contributed by atoms with Gasteiger partial charge in [-0.3, -0.25) is 4.79 Å². The molecule has 3 aromatic carbocycles. The number of hydrogen-bond donors (Lipinski definition) is 2. The Morgan fingerprint density at radius 1 is 1.09 bits per heavy atom. The number of benzene rings is 3. The van der Waals surface area contributed by atoms with E-state index in [1.54, 1.807) is 6.07 Å². The highest BCUT2D eigenvalue weighted by Gasteiger charge is 2.21. The number of aromatic nitrogens is 2. The van der Waals surface area contributed by atoms with Gasteiger partial charge in [-0.05, 0) is 43.2 Å². The molecule has 4 aromatic rings. The van der Waals surface area contributed by atoms with Crippen LogP contribution in [0.3, 0.4) is 0 Å². The molecule has 3 N–H and O–H groups in total. The number of nitrogens with one attached hydrogen (secondary N) is 1. The van der Waals surface area contributed by atoms with Crippen LogP contribution in [-0.2, 0) is 21.4 Å². The van der Waals surface area contributed by atoms with E-state index < -0.39 is 15.3 Å². The van der Waals surface area contributed by atoms with Crippen molar-refractivity contribution < 1.29 is 13.2 Å². The van der Waals surface area contributed by atoms with E-state index in [2.05, 4.69) is 17.2 Å². The Morgan fingerprint density at radius 3 is 2.51 bits per heavy atom. The Kier molecular flexibility index (Phi) is 7.59. The lowest BCUT2D eigenvalue weighted by atomic mass is 10.0. The fraction of sp³-hybridized carbons (Fsp3) is 0.231. The molecule has 1 atom stereocenters. The maximum absolute atomic E-state index is 13.2. The largest absolute Gasteiger partial charge is 0.325 e. The highest BCUT2D eigenvalue weighted by molar-refractivity contribution is 8.00. The first kappa shape index (κ1) is 25.0. The number of nitrogens with zero attached hydrogens (tertiary/aromatic N) is 2. The van der Waals surface area contributed by atoms with Crippen LogP contribution in [0.2, 0.25) is 0 Å². The quantitative estimate of drug-likeness (QED) is 0.300. The summed E-state index contributed by atoms with van der Waals surface area (Å²) in [6.45, 7) is 4.66. The average molecular weight is 509 g/mol. The maximum atomic E-state index is 13.2. The summed E-state index contributed by atoms with van der Waals surface area (Å²) in [5.41, 5.74) is 4.07. The van der Waals surface area contributed by atoms with Gasteiger partial charge in [-0.2, -0.15) is 0 Å². The van der Waals surface area contributed by atoms with Gasteiger partial charge in [0.1, 0.15) is 0 Å². The standard InChI is InChI=1S/C26H28N4O3S2/c1-3-4-16-30-24-15-14-20(35(27,32)33)17-23(24)29-26(30)34-18(2)25(31)28-22-13-9-8-12-21(22)19-10-6-5-7-11-19/h5-15,17-18H,3-4,16H2,1-2H3,(H,28,31)(H2,27,32,33). The molecule has 35 heavy (non-hydrogen) atoms. The third kappa shape index (κ3) is 5.75. The van der Waals surface area contributed by atoms with E-state index in [0.717, 1.165) is 41.7 Å². The van der Waals surface area contributed by atoms with E-state index in [-0.39, 0.29) is 10.8 Å². The summed E-state index contributed by atoms with van der Waals surface area (Å²) in [5, 5.41) is 8.59. The van der Waals surface area contributed by atoms with Crippen molar-refractivity contribution in [2.24, 2.45) is 5.14 Å². The Bertz CT molecular complexity index is 1450. The minimum atomic E-state index is -3.83. The summed E-state index contributed by atoms with van der Waals surface area (Å²) in [5.74, 6) is -0.141. The zero-order chi connectivity index (χ0) is 25.0. The first-order chi connectivity index (χ1) is 16.8. The second-order valence-electron chi connectivity index (χ2n) is 8.26. The molecule has 0 spiro atoms. The van der Waals surface area contributed by atoms with Crippen LogP contribution in [0.5, 0.6) is 0 Å². The SMILES string of the molecule is CCCCn1c(SC(C)C(=O)Nc2ccccc2-c2ccccc2)nc2cc(S(N)(=O)=O)ccc21. The van der Waals surface area contributed by atoms with Gasteiger partial charge in [0.05, 0.1) is 21.2 Å². The van der Waals surface area contributed by atoms with Crippen molar-refractivity contribution in [1.29, 1.82) is 0 Å². The number of sulfonamides is 1. The summed E-state index contributed by atoms with van der Waals surface area (Å²) >= 11 is 1.35. The van der Waals surface area contributed by atoms with E-state index in [1.165, 1.54) is 23.9 Å². The first-order valence-corrected chi connectivity index (χ1v) is 13.9. The predicted molar refractivity (Wildman–Crippen MR) is 142 cm³/mol. The summed E-state index contributed by atoms with van der Waals surface area (Å²) in [4.78, 5) is 17.8. The highest BCUT2D eigenvalue weighted by atomic mass is 32.2. The van der Waals surface area contributed by atoms with Crippen LogP contribution in [0, 0.1) is 0 Å². The summed E-state index contributed by atoms with van der Waals surface area (Å²) in [6, 6.07) is 22.3. The van der Waals surface area contributed by atoms with Crippen molar-refractivity contribution in [2.45, 2.75) is 48.5 Å². The van der Waals surface area contributed by atoms with Crippen molar-refractivity contribution >= 4 is 44.4 Å². The Morgan fingerprint density at radius 2 is 1.80 bits per heavy atom. The molecule has 4 rings (SSSR count). The molecular weight excluding hydrogens is 480 g/mol. The van der Waals surface area contributed by atoms with Gasteiger partial charge in [0.15, 0.2) is 5.16 Å². The van der Waals surface area contributed by atoms with Gasteiger partial charge in [-0.1, -0.05) is 73.6 Å². The van der Waals surface area contributed by atoms with Gasteiger partial charge in [0, 0.05) is 17.8 Å². The van der Waals surface area contributed by atoms with Crippen molar-refractivity contribution in [3.05, 3.63) is 72.8 Å². The van der Waals surface area contributed by atoms with Crippen LogP contribution in [0.1, 0.15) is 26.7 Å². The number of imidazole rings is 1. The third-order valence-electron chi connectivity index (χ3n) is 5.67. The first-order valence-electron chi connectivity index (χ1n) is 11.4. The fourth-order valence-corrected chi connectivity index (χ4v) is 5.28. The number of unbranched alkanes of at least 4 members (excludes halogenated alkanes) is 1. The number of rotatable bonds is 9. The molecule has 7 nitrogen and oxygen atoms in total. The summed E-state index contributed by atoms with van der Waals surface area (Å²) in [6.07, 6.45) is 1.92. The lowest BCUT2D eigenvalue weighted by Crippen LogP contribution is -2.23. The molecule has 1 unspecified atom stereocenters. The number of hydrogen-bond acceptors (Lipinski definition) is 5. The van der Waals surface area contributed by atoms with Gasteiger partial charge in [0.2, 0.25) is 15.9 Å². The van der Waals surface area contributed by atoms with Gasteiger partial charge in [-0.25, -0.2) is 18.5 Å². The molecule has 0 radical (unpaired) electrons. The fourth-order valence-electron chi connectivity index (χ4n) is 3.79. The van der Waals surface area contributed by atoms with E-state index in [1.807, 2.05) is 66.1 Å². The minimum Gasteiger partial charge on any atom is -0.325 e. The number of nitrogens with two attached hydrogens (primary N) is 1. The van der Waals surface area contributed by atoms with Crippen molar-refractivity contribution in [3.63, 3.8) is 0 Å². The molecular formula is C26H28N4O3S2. The summed E-state index contributed by atoms with van der Waals surface area (Å²) < 4.78 is 25.6. The molecule has 0 aliphatic carbocycles. The maximum Gasteiger partial charge on any atom is 0.238 e. The topological polar surface area (TPSA) is 107 Å². The predicted octanol–water partition coefficient (Wildman–Crippen LogP) is 5.27. The summed E-state index contributed by atoms with van der Waals surface area (Å²) in [7, 11) is -3.83. The molecule has 9 heteroatoms. The molecule has 0 fully saturated rings. The number of fused-ring (bicyclic) bond motifs is 1. The lowest BCUT2D eigenvalue weighted by Gasteiger charge is -2.15. The number of primary sulfonamides is 1. The van der Waals surface area contributed by atoms with Crippen LogP contribution < -0.4 is 10.5 Å². The minimum absolute atomic E-state index is 0.0185. The number of amides is 1. The van der Waals surface area contributed by atoms with E-state index in [4.69, 9.17) is 5.14 Å². The number of anilines is 1. The van der Waals surface area contributed by atoms with Crippen LogP contribution in [0.25, 0.3) is 22.2 Å². The van der Waals surface area contributed by atoms with Crippen LogP contribution in [0.15, 0.2) is 82.8 Å². The van der Waals surface area contributed by atoms with Crippen molar-refractivity contribution in [1.82, 2.24) is 9.55 Å². The Balaban J connectivity index is 1.60. The molecule has 0 saturated carbocycles. The third-order valence-corrected chi connectivity index (χ3v) is 7.67. The molecule has 0 bridgehead atoms. The Hall–Kier alpha value is -3.14. The smallest absolute Gasteiger partial charge is 0.238 e. The van der Waals surface area contributed by atoms with Gasteiger partial charge < -0.3 is 9.88 Å². The van der Waals surface area contributed by atoms with Gasteiger partial charge >= 0.3 is 0 Å². The molecule has 1 amide bonds. The lowest BCUT2D eigenvalue weighted by molar-refractivity contribution is -0.115. The van der Waals surface area contributed by atoms with Gasteiger partial charge in [0.25, 0.3) is 0 Å². The zero-order valence-corrected chi connectivity index (χ0v) is 21.3. The van der Waals surface area contributed by atoms with E-state index in [9.17, 15) is 13.2 Å². The molecule has 0 aliphatic heterocycles. The number of para-hydroxylation sites is 1. The molecule has 0 aliphatic rings. The molecule has 1 aromatic heterocycles. The van der Waals surface area contributed by atoms with Crippen molar-refractivity contribution in [2.75, 3.05) is 5.32 Å². The number of thioether (sulfide) groups is 1. The second-order valence-corrected chi connectivity index (χ2v) is 11.1. The van der Waals surface area contributed by atoms with Crippen LogP contribution in [-0.4, -0.2) is 29.1 Å². The van der Waals surface area contributed by atoms with Crippen molar-refractivity contribution in [3.8, 4) is 11.1 Å². The number of carbonyl (C=O) groups excluding carboxylic acids is 1. The number of carbonyl (C=O) groups is 1. The monoisotopic (exact) mass is 508 g/mol. The molecule has 182 valence electrons. The van der Waals surface area contributed by atoms with Gasteiger partial charge in [-0.15, -0.1) is 0 Å². The Labute approximate surface area is 209 Å². The van der Waals surface area contributed by atoms with E-state index in [0.29, 0.717) is 10.7 Å². The van der Waals surface area contributed by atoms with Crippen LogP contribution >= 0.6 is 11.8 Å². The van der Waals surface area contributed by atoms with Crippen LogP contribution in [0.4, 0.5) is 5.69 Å². The highest BCUT2D eigenvalue weighted by Crippen LogP contribution is 2.31. The molecule has 0 saturated heterocycles. The normalized spacial score (nSPS) is 12.5. The number of aryl methyl sites for hydroxylation is 1.